The van der Waals surface area contributed by atoms with Crippen molar-refractivity contribution in [2.45, 2.75) is 39.3 Å². The van der Waals surface area contributed by atoms with E-state index in [4.69, 9.17) is 4.74 Å². The van der Waals surface area contributed by atoms with E-state index in [2.05, 4.69) is 25.8 Å². The summed E-state index contributed by atoms with van der Waals surface area (Å²) in [7, 11) is 0. The van der Waals surface area contributed by atoms with Gasteiger partial charge >= 0.3 is 6.55 Å². The van der Waals surface area contributed by atoms with E-state index in [1.165, 1.54) is 12.4 Å². The van der Waals surface area contributed by atoms with Crippen LogP contribution in [0.25, 0.3) is 0 Å². The first-order chi connectivity index (χ1) is 9.39. The summed E-state index contributed by atoms with van der Waals surface area (Å²) in [4.78, 5) is 3.90. The van der Waals surface area contributed by atoms with Gasteiger partial charge in [-0.3, -0.25) is 4.57 Å². The SMILES string of the molecule is CC(C)(C)c1ccccc1OCc1nccn1C(F)F. The molecule has 1 aromatic carbocycles. The molecule has 1 aromatic heterocycles. The Hall–Kier alpha value is -1.91. The number of ether oxygens (including phenoxy) is 1. The lowest BCUT2D eigenvalue weighted by Crippen LogP contribution is -2.14. The molecule has 3 nitrogen and oxygen atoms in total. The molecule has 0 fully saturated rings. The van der Waals surface area contributed by atoms with Crippen LogP contribution < -0.4 is 4.74 Å². The van der Waals surface area contributed by atoms with E-state index < -0.39 is 6.55 Å². The zero-order valence-electron chi connectivity index (χ0n) is 11.8. The Morgan fingerprint density at radius 1 is 1.25 bits per heavy atom. The molecule has 20 heavy (non-hydrogen) atoms. The number of hydrogen-bond donors (Lipinski definition) is 0. The van der Waals surface area contributed by atoms with Crippen molar-refractivity contribution in [2.24, 2.45) is 0 Å². The van der Waals surface area contributed by atoms with Gasteiger partial charge in [-0.25, -0.2) is 4.98 Å². The molecule has 0 bridgehead atoms. The van der Waals surface area contributed by atoms with Crippen LogP contribution in [0.4, 0.5) is 8.78 Å². The summed E-state index contributed by atoms with van der Waals surface area (Å²) in [5.74, 6) is 0.910. The number of halogens is 2. The van der Waals surface area contributed by atoms with Crippen LogP contribution >= 0.6 is 0 Å². The molecule has 2 rings (SSSR count). The number of para-hydroxylation sites is 1. The number of nitrogens with zero attached hydrogens (tertiary/aromatic N) is 2. The minimum Gasteiger partial charge on any atom is -0.485 e. The van der Waals surface area contributed by atoms with E-state index in [1.807, 2.05) is 24.3 Å². The first-order valence-corrected chi connectivity index (χ1v) is 6.42. The molecule has 0 unspecified atom stereocenters. The minimum absolute atomic E-state index is 0.0183. The number of benzene rings is 1. The fraction of sp³-hybridized carbons (Fsp3) is 0.400. The zero-order valence-corrected chi connectivity index (χ0v) is 11.8. The lowest BCUT2D eigenvalue weighted by molar-refractivity contribution is 0.0631. The molecule has 108 valence electrons. The molecule has 0 saturated carbocycles. The molecule has 0 saturated heterocycles. The Bertz CT molecular complexity index is 573. The van der Waals surface area contributed by atoms with Gasteiger partial charge in [0.25, 0.3) is 0 Å². The Kier molecular flexibility index (Phi) is 4.06. The average Bonchev–Trinajstić information content (AvgIpc) is 2.84. The van der Waals surface area contributed by atoms with Crippen LogP contribution in [0.2, 0.25) is 0 Å². The summed E-state index contributed by atoms with van der Waals surface area (Å²) in [5, 5.41) is 0. The maximum Gasteiger partial charge on any atom is 0.320 e. The predicted molar refractivity (Wildman–Crippen MR) is 73.0 cm³/mol. The van der Waals surface area contributed by atoms with Crippen LogP contribution in [0.3, 0.4) is 0 Å². The summed E-state index contributed by atoms with van der Waals surface area (Å²) < 4.78 is 31.9. The van der Waals surface area contributed by atoms with Crippen LogP contribution in [-0.4, -0.2) is 9.55 Å². The van der Waals surface area contributed by atoms with Crippen LogP contribution in [0, 0.1) is 0 Å². The molecule has 5 heteroatoms. The summed E-state index contributed by atoms with van der Waals surface area (Å²) in [5.41, 5.74) is 0.963. The first kappa shape index (κ1) is 14.5. The van der Waals surface area contributed by atoms with E-state index >= 15 is 0 Å². The van der Waals surface area contributed by atoms with Crippen molar-refractivity contribution in [3.8, 4) is 5.75 Å². The van der Waals surface area contributed by atoms with Crippen LogP contribution in [-0.2, 0) is 12.0 Å². The highest BCUT2D eigenvalue weighted by Crippen LogP contribution is 2.31. The molecule has 2 aromatic rings. The molecule has 0 aliphatic rings. The monoisotopic (exact) mass is 280 g/mol. The highest BCUT2D eigenvalue weighted by Gasteiger charge is 2.19. The fourth-order valence-corrected chi connectivity index (χ4v) is 1.99. The van der Waals surface area contributed by atoms with Crippen molar-refractivity contribution in [1.29, 1.82) is 0 Å². The highest BCUT2D eigenvalue weighted by molar-refractivity contribution is 5.38. The van der Waals surface area contributed by atoms with Crippen molar-refractivity contribution in [3.05, 3.63) is 48.0 Å². The average molecular weight is 280 g/mol. The van der Waals surface area contributed by atoms with Crippen LogP contribution in [0.5, 0.6) is 5.75 Å². The maximum absolute atomic E-state index is 12.7. The molecule has 0 spiro atoms. The van der Waals surface area contributed by atoms with E-state index in [-0.39, 0.29) is 17.8 Å². The Morgan fingerprint density at radius 3 is 2.60 bits per heavy atom. The lowest BCUT2D eigenvalue weighted by atomic mass is 9.86. The smallest absolute Gasteiger partial charge is 0.320 e. The number of hydrogen-bond acceptors (Lipinski definition) is 2. The molecular weight excluding hydrogens is 262 g/mol. The topological polar surface area (TPSA) is 27.1 Å². The van der Waals surface area contributed by atoms with Crippen molar-refractivity contribution in [1.82, 2.24) is 9.55 Å². The maximum atomic E-state index is 12.7. The molecular formula is C15H18F2N2O. The lowest BCUT2D eigenvalue weighted by Gasteiger charge is -2.22. The first-order valence-electron chi connectivity index (χ1n) is 6.42. The third-order valence-electron chi connectivity index (χ3n) is 3.01. The van der Waals surface area contributed by atoms with Gasteiger partial charge in [0, 0.05) is 12.4 Å². The molecule has 0 aliphatic carbocycles. The van der Waals surface area contributed by atoms with Gasteiger partial charge in [0.05, 0.1) is 0 Å². The number of imidazole rings is 1. The summed E-state index contributed by atoms with van der Waals surface area (Å²) in [6.07, 6.45) is 2.60. The van der Waals surface area contributed by atoms with Crippen molar-refractivity contribution < 1.29 is 13.5 Å². The van der Waals surface area contributed by atoms with Crippen LogP contribution in [0.15, 0.2) is 36.7 Å². The Balaban J connectivity index is 2.18. The Labute approximate surface area is 117 Å². The summed E-state index contributed by atoms with van der Waals surface area (Å²) >= 11 is 0. The number of rotatable bonds is 4. The van der Waals surface area contributed by atoms with Crippen molar-refractivity contribution in [3.63, 3.8) is 0 Å². The largest absolute Gasteiger partial charge is 0.485 e. The van der Waals surface area contributed by atoms with E-state index in [9.17, 15) is 8.78 Å². The quantitative estimate of drug-likeness (QED) is 0.841. The summed E-state index contributed by atoms with van der Waals surface area (Å²) in [6, 6.07) is 7.63. The molecule has 0 radical (unpaired) electrons. The van der Waals surface area contributed by atoms with E-state index in [0.717, 1.165) is 10.1 Å². The molecule has 0 atom stereocenters. The highest BCUT2D eigenvalue weighted by atomic mass is 19.3. The number of aromatic nitrogens is 2. The second-order valence-corrected chi connectivity index (χ2v) is 5.56. The zero-order chi connectivity index (χ0) is 14.8. The van der Waals surface area contributed by atoms with Gasteiger partial charge in [0.2, 0.25) is 0 Å². The van der Waals surface area contributed by atoms with Crippen molar-refractivity contribution >= 4 is 0 Å². The molecule has 0 N–H and O–H groups in total. The standard InChI is InChI=1S/C15H18F2N2O/c1-15(2,3)11-6-4-5-7-12(11)20-10-13-18-8-9-19(13)14(16)17/h4-9,14H,10H2,1-3H3. The van der Waals surface area contributed by atoms with Gasteiger partial charge in [-0.15, -0.1) is 0 Å². The summed E-state index contributed by atoms with van der Waals surface area (Å²) in [6.45, 7) is 3.65. The number of alkyl halides is 2. The third kappa shape index (κ3) is 3.15. The van der Waals surface area contributed by atoms with Gasteiger partial charge in [-0.1, -0.05) is 39.0 Å². The second-order valence-electron chi connectivity index (χ2n) is 5.56. The van der Waals surface area contributed by atoms with Gasteiger partial charge in [-0.2, -0.15) is 8.78 Å². The van der Waals surface area contributed by atoms with Gasteiger partial charge in [-0.05, 0) is 17.0 Å². The van der Waals surface area contributed by atoms with E-state index in [0.29, 0.717) is 5.75 Å². The molecule has 0 aliphatic heterocycles. The second kappa shape index (κ2) is 5.61. The predicted octanol–water partition coefficient (Wildman–Crippen LogP) is 4.15. The van der Waals surface area contributed by atoms with Gasteiger partial charge in [0.1, 0.15) is 12.4 Å². The van der Waals surface area contributed by atoms with Gasteiger partial charge in [0.15, 0.2) is 5.82 Å². The van der Waals surface area contributed by atoms with Crippen LogP contribution in [0.1, 0.15) is 38.7 Å². The van der Waals surface area contributed by atoms with Crippen molar-refractivity contribution in [2.75, 3.05) is 0 Å². The normalized spacial score (nSPS) is 11.9. The molecule has 0 amide bonds. The fourth-order valence-electron chi connectivity index (χ4n) is 1.99. The Morgan fingerprint density at radius 2 is 1.95 bits per heavy atom. The molecule has 1 heterocycles. The minimum atomic E-state index is -2.60. The van der Waals surface area contributed by atoms with E-state index in [1.54, 1.807) is 0 Å². The van der Waals surface area contributed by atoms with Gasteiger partial charge < -0.3 is 4.74 Å². The third-order valence-corrected chi connectivity index (χ3v) is 3.01.